The van der Waals surface area contributed by atoms with Gasteiger partial charge in [0.2, 0.25) is 0 Å². The minimum atomic E-state index is -2.79. The van der Waals surface area contributed by atoms with Gasteiger partial charge in [0.1, 0.15) is 5.60 Å². The molecule has 0 saturated carbocycles. The molecular formula is C14H22O7Zn. The third-order valence-corrected chi connectivity index (χ3v) is 3.01. The second-order valence-corrected chi connectivity index (χ2v) is 5.03. The van der Waals surface area contributed by atoms with Crippen LogP contribution in [0, 0.1) is 0 Å². The first-order chi connectivity index (χ1) is 9.81. The van der Waals surface area contributed by atoms with Gasteiger partial charge in [-0.2, -0.15) is 0 Å². The molecule has 0 aliphatic heterocycles. The Morgan fingerprint density at radius 2 is 1.55 bits per heavy atom. The number of aliphatic carboxylic acids is 2. The van der Waals surface area contributed by atoms with E-state index in [1.165, 1.54) is 0 Å². The average molecular weight is 368 g/mol. The molecule has 0 aromatic carbocycles. The first-order valence-electron chi connectivity index (χ1n) is 7.11. The number of unbranched alkanes of at least 4 members (excludes halogenated alkanes) is 5. The summed E-state index contributed by atoms with van der Waals surface area (Å²) in [7, 11) is 0. The van der Waals surface area contributed by atoms with Gasteiger partial charge >= 0.3 is 25.4 Å². The van der Waals surface area contributed by atoms with Gasteiger partial charge in [-0.05, 0) is 6.42 Å². The van der Waals surface area contributed by atoms with Crippen molar-refractivity contribution in [3.8, 4) is 0 Å². The molecule has 122 valence electrons. The standard InChI is InChI=1S/C14H24O7.Zn/c1-2-3-4-5-6-7-8-21-12(17)10-14(20,13(18)19)9-11(15)16;/h20H,2-10H2,1H3,(H,15,16)(H,18,19);/q;+2/p-2. The maximum atomic E-state index is 11.4. The molecule has 22 heavy (non-hydrogen) atoms. The van der Waals surface area contributed by atoms with Crippen molar-refractivity contribution >= 4 is 17.9 Å². The molecule has 1 unspecified atom stereocenters. The van der Waals surface area contributed by atoms with Crippen molar-refractivity contribution < 1.29 is 53.9 Å². The van der Waals surface area contributed by atoms with Crippen LogP contribution in [0.5, 0.6) is 0 Å². The van der Waals surface area contributed by atoms with E-state index in [2.05, 4.69) is 6.92 Å². The van der Waals surface area contributed by atoms with Crippen LogP contribution in [0.2, 0.25) is 0 Å². The average Bonchev–Trinajstić information content (AvgIpc) is 2.36. The zero-order valence-electron chi connectivity index (χ0n) is 13.0. The predicted octanol–water partition coefficient (Wildman–Crippen LogP) is -1.10. The molecule has 0 aliphatic carbocycles. The Kier molecular flexibility index (Phi) is 13.2. The van der Waals surface area contributed by atoms with Crippen molar-refractivity contribution in [1.82, 2.24) is 0 Å². The number of rotatable bonds is 12. The van der Waals surface area contributed by atoms with E-state index in [-0.39, 0.29) is 26.1 Å². The number of carbonyl (C=O) groups excluding carboxylic acids is 3. The van der Waals surface area contributed by atoms with E-state index in [1.807, 2.05) is 0 Å². The number of carboxylic acid groups (broad SMARTS) is 2. The van der Waals surface area contributed by atoms with Crippen molar-refractivity contribution in [2.24, 2.45) is 0 Å². The van der Waals surface area contributed by atoms with Crippen LogP contribution in [0.15, 0.2) is 0 Å². The van der Waals surface area contributed by atoms with Crippen LogP contribution in [-0.4, -0.2) is 35.2 Å². The molecule has 0 spiro atoms. The summed E-state index contributed by atoms with van der Waals surface area (Å²) in [6, 6.07) is 0. The van der Waals surface area contributed by atoms with Gasteiger partial charge < -0.3 is 29.6 Å². The molecule has 1 atom stereocenters. The number of carboxylic acids is 2. The van der Waals surface area contributed by atoms with Gasteiger partial charge in [-0.25, -0.2) is 0 Å². The van der Waals surface area contributed by atoms with Gasteiger partial charge in [-0.3, -0.25) is 4.79 Å². The molecule has 1 N–H and O–H groups in total. The van der Waals surface area contributed by atoms with Crippen LogP contribution in [0.25, 0.3) is 0 Å². The van der Waals surface area contributed by atoms with Crippen molar-refractivity contribution in [1.29, 1.82) is 0 Å². The van der Waals surface area contributed by atoms with Crippen molar-refractivity contribution in [3.05, 3.63) is 0 Å². The summed E-state index contributed by atoms with van der Waals surface area (Å²) in [5, 5.41) is 30.6. The van der Waals surface area contributed by atoms with Gasteiger partial charge in [0.25, 0.3) is 0 Å². The summed E-state index contributed by atoms with van der Waals surface area (Å²) in [5.74, 6) is -4.80. The molecule has 0 amide bonds. The molecule has 0 aliphatic rings. The van der Waals surface area contributed by atoms with Gasteiger partial charge in [0.15, 0.2) is 0 Å². The van der Waals surface area contributed by atoms with E-state index in [4.69, 9.17) is 4.74 Å². The minimum Gasteiger partial charge on any atom is -0.550 e. The van der Waals surface area contributed by atoms with E-state index in [1.54, 1.807) is 0 Å². The fourth-order valence-corrected chi connectivity index (χ4v) is 1.80. The molecule has 0 aromatic rings. The number of carbonyl (C=O) groups is 3. The number of hydrogen-bond acceptors (Lipinski definition) is 7. The normalized spacial score (nSPS) is 12.8. The largest absolute Gasteiger partial charge is 2.00 e. The smallest absolute Gasteiger partial charge is 0.550 e. The maximum absolute atomic E-state index is 11.4. The SMILES string of the molecule is CCCCCCCCOC(=O)CC(O)(CC(=O)[O-])C(=O)[O-].[Zn+2]. The van der Waals surface area contributed by atoms with E-state index in [0.29, 0.717) is 6.42 Å². The topological polar surface area (TPSA) is 127 Å². The zero-order chi connectivity index (χ0) is 16.3. The summed E-state index contributed by atoms with van der Waals surface area (Å²) in [4.78, 5) is 32.5. The van der Waals surface area contributed by atoms with Crippen LogP contribution in [0.1, 0.15) is 58.3 Å². The van der Waals surface area contributed by atoms with E-state index in [0.717, 1.165) is 32.1 Å². The Balaban J connectivity index is 0. The monoisotopic (exact) mass is 366 g/mol. The van der Waals surface area contributed by atoms with Gasteiger partial charge in [0.05, 0.1) is 19.0 Å². The van der Waals surface area contributed by atoms with Crippen LogP contribution in [-0.2, 0) is 38.6 Å². The molecule has 0 radical (unpaired) electrons. The maximum Gasteiger partial charge on any atom is 2.00 e. The predicted molar refractivity (Wildman–Crippen MR) is 68.5 cm³/mol. The number of esters is 1. The summed E-state index contributed by atoms with van der Waals surface area (Å²) in [6.45, 7) is 2.21. The third kappa shape index (κ3) is 10.7. The number of aliphatic hydroxyl groups is 1. The molecular weight excluding hydrogens is 346 g/mol. The first-order valence-corrected chi connectivity index (χ1v) is 7.11. The molecule has 0 heterocycles. The summed E-state index contributed by atoms with van der Waals surface area (Å²) in [6.07, 6.45) is 3.76. The molecule has 0 aromatic heterocycles. The fourth-order valence-electron chi connectivity index (χ4n) is 1.80. The van der Waals surface area contributed by atoms with E-state index < -0.39 is 36.4 Å². The molecule has 0 fully saturated rings. The number of ether oxygens (including phenoxy) is 1. The summed E-state index contributed by atoms with van der Waals surface area (Å²) in [5.41, 5.74) is -2.79. The van der Waals surface area contributed by atoms with Crippen LogP contribution in [0.3, 0.4) is 0 Å². The van der Waals surface area contributed by atoms with Gasteiger partial charge in [-0.1, -0.05) is 39.0 Å². The summed E-state index contributed by atoms with van der Waals surface area (Å²) < 4.78 is 4.77. The van der Waals surface area contributed by atoms with Crippen molar-refractivity contribution in [2.45, 2.75) is 63.9 Å². The fraction of sp³-hybridized carbons (Fsp3) is 0.786. The van der Waals surface area contributed by atoms with E-state index >= 15 is 0 Å². The van der Waals surface area contributed by atoms with Crippen molar-refractivity contribution in [3.63, 3.8) is 0 Å². The van der Waals surface area contributed by atoms with Crippen LogP contribution >= 0.6 is 0 Å². The number of hydrogen-bond donors (Lipinski definition) is 1. The molecule has 7 nitrogen and oxygen atoms in total. The molecule has 8 heteroatoms. The second-order valence-electron chi connectivity index (χ2n) is 5.03. The second kappa shape index (κ2) is 12.5. The molecule has 0 rings (SSSR count). The van der Waals surface area contributed by atoms with Crippen LogP contribution < -0.4 is 10.2 Å². The van der Waals surface area contributed by atoms with Crippen LogP contribution in [0.4, 0.5) is 0 Å². The Labute approximate surface area is 142 Å². The molecule has 0 saturated heterocycles. The zero-order valence-corrected chi connectivity index (χ0v) is 15.9. The third-order valence-electron chi connectivity index (χ3n) is 3.01. The summed E-state index contributed by atoms with van der Waals surface area (Å²) >= 11 is 0. The molecule has 0 bridgehead atoms. The Morgan fingerprint density at radius 3 is 2.05 bits per heavy atom. The van der Waals surface area contributed by atoms with Crippen molar-refractivity contribution in [2.75, 3.05) is 6.61 Å². The Hall–Kier alpha value is -1.01. The van der Waals surface area contributed by atoms with Gasteiger partial charge in [-0.15, -0.1) is 0 Å². The van der Waals surface area contributed by atoms with Gasteiger partial charge in [0, 0.05) is 12.4 Å². The first kappa shape index (κ1) is 23.3. The Morgan fingerprint density at radius 1 is 1.00 bits per heavy atom. The Bertz CT molecular complexity index is 359. The quantitative estimate of drug-likeness (QED) is 0.263. The van der Waals surface area contributed by atoms with E-state index in [9.17, 15) is 29.7 Å². The minimum absolute atomic E-state index is 0.